The highest BCUT2D eigenvalue weighted by Crippen LogP contribution is 2.31. The number of aromatic nitrogens is 1. The van der Waals surface area contributed by atoms with Crippen LogP contribution >= 0.6 is 0 Å². The average Bonchev–Trinajstić information content (AvgIpc) is 3.45. The van der Waals surface area contributed by atoms with Crippen molar-refractivity contribution in [2.75, 3.05) is 38.2 Å². The molecule has 2 heterocycles. The molecule has 1 aliphatic carbocycles. The molecular formula is C18H25N3O3. The first-order valence-corrected chi connectivity index (χ1v) is 8.69. The lowest BCUT2D eigenvalue weighted by molar-refractivity contribution is -0.148. The smallest absolute Gasteiger partial charge is 0.325 e. The monoisotopic (exact) mass is 331 g/mol. The summed E-state index contributed by atoms with van der Waals surface area (Å²) in [6.45, 7) is 2.32. The summed E-state index contributed by atoms with van der Waals surface area (Å²) < 4.78 is 4.76. The minimum absolute atomic E-state index is 0.0614. The molecule has 6 nitrogen and oxygen atoms in total. The van der Waals surface area contributed by atoms with E-state index in [2.05, 4.69) is 9.88 Å². The van der Waals surface area contributed by atoms with Crippen LogP contribution in [0, 0.1) is 11.8 Å². The van der Waals surface area contributed by atoms with E-state index in [1.165, 1.54) is 7.11 Å². The molecule has 0 N–H and O–H groups in total. The Hall–Kier alpha value is -2.11. The van der Waals surface area contributed by atoms with E-state index in [1.807, 2.05) is 18.2 Å². The average molecular weight is 331 g/mol. The third-order valence-corrected chi connectivity index (χ3v) is 4.78. The van der Waals surface area contributed by atoms with Crippen molar-refractivity contribution in [2.45, 2.75) is 25.7 Å². The summed E-state index contributed by atoms with van der Waals surface area (Å²) in [5.74, 6) is 1.12. The lowest BCUT2D eigenvalue weighted by atomic mass is 9.96. The molecule has 3 rings (SSSR count). The second kappa shape index (κ2) is 7.64. The quantitative estimate of drug-likeness (QED) is 0.743. The van der Waals surface area contributed by atoms with Gasteiger partial charge in [0.2, 0.25) is 5.91 Å². The van der Waals surface area contributed by atoms with E-state index in [4.69, 9.17) is 4.74 Å². The van der Waals surface area contributed by atoms with Crippen LogP contribution in [0.2, 0.25) is 0 Å². The molecule has 1 aromatic heterocycles. The molecule has 0 radical (unpaired) electrons. The number of pyridine rings is 1. The van der Waals surface area contributed by atoms with Crippen molar-refractivity contribution >= 4 is 17.7 Å². The normalized spacial score (nSPS) is 20.5. The second-order valence-electron chi connectivity index (χ2n) is 6.71. The van der Waals surface area contributed by atoms with Crippen molar-refractivity contribution in [1.82, 2.24) is 9.88 Å². The Bertz CT molecular complexity index is 574. The molecule has 1 saturated carbocycles. The highest BCUT2D eigenvalue weighted by molar-refractivity contribution is 5.84. The fourth-order valence-electron chi connectivity index (χ4n) is 3.25. The lowest BCUT2D eigenvalue weighted by Crippen LogP contribution is -2.47. The van der Waals surface area contributed by atoms with Gasteiger partial charge in [0.25, 0.3) is 0 Å². The van der Waals surface area contributed by atoms with Gasteiger partial charge in [-0.15, -0.1) is 0 Å². The molecule has 0 spiro atoms. The lowest BCUT2D eigenvalue weighted by Gasteiger charge is -2.35. The molecule has 1 atom stereocenters. The number of esters is 1. The van der Waals surface area contributed by atoms with Gasteiger partial charge in [0.05, 0.1) is 13.0 Å². The zero-order chi connectivity index (χ0) is 16.9. The molecule has 0 aromatic carbocycles. The molecule has 1 amide bonds. The van der Waals surface area contributed by atoms with Gasteiger partial charge in [-0.3, -0.25) is 9.59 Å². The van der Waals surface area contributed by atoms with Crippen LogP contribution in [0.3, 0.4) is 0 Å². The molecule has 24 heavy (non-hydrogen) atoms. The van der Waals surface area contributed by atoms with Crippen LogP contribution in [-0.4, -0.2) is 55.0 Å². The Morgan fingerprint density at radius 1 is 1.33 bits per heavy atom. The molecule has 6 heteroatoms. The largest absolute Gasteiger partial charge is 0.468 e. The number of carbonyl (C=O) groups is 2. The Morgan fingerprint density at radius 3 is 2.83 bits per heavy atom. The Morgan fingerprint density at radius 2 is 2.17 bits per heavy atom. The molecule has 2 aliphatic rings. The number of piperidine rings is 1. The molecule has 1 aromatic rings. The van der Waals surface area contributed by atoms with Crippen LogP contribution in [0.25, 0.3) is 0 Å². The number of rotatable bonds is 6. The first-order valence-electron chi connectivity index (χ1n) is 8.69. The molecule has 2 fully saturated rings. The number of hydrogen-bond acceptors (Lipinski definition) is 5. The Kier molecular flexibility index (Phi) is 5.33. The maximum atomic E-state index is 13.0. The van der Waals surface area contributed by atoms with E-state index < -0.39 is 0 Å². The van der Waals surface area contributed by atoms with E-state index in [9.17, 15) is 9.59 Å². The third-order valence-electron chi connectivity index (χ3n) is 4.78. The van der Waals surface area contributed by atoms with Gasteiger partial charge in [-0.1, -0.05) is 6.07 Å². The minimum Gasteiger partial charge on any atom is -0.468 e. The Labute approximate surface area is 142 Å². The fourth-order valence-corrected chi connectivity index (χ4v) is 3.25. The van der Waals surface area contributed by atoms with Gasteiger partial charge in [-0.05, 0) is 43.7 Å². The summed E-state index contributed by atoms with van der Waals surface area (Å²) in [5, 5.41) is 0. The van der Waals surface area contributed by atoms with Gasteiger partial charge in [0.15, 0.2) is 0 Å². The maximum absolute atomic E-state index is 13.0. The topological polar surface area (TPSA) is 62.7 Å². The van der Waals surface area contributed by atoms with Crippen LogP contribution in [0.15, 0.2) is 24.4 Å². The molecule has 1 saturated heterocycles. The van der Waals surface area contributed by atoms with Gasteiger partial charge in [-0.2, -0.15) is 0 Å². The highest BCUT2D eigenvalue weighted by Gasteiger charge is 2.34. The highest BCUT2D eigenvalue weighted by atomic mass is 16.5. The number of methoxy groups -OCH3 is 1. The number of anilines is 1. The standard InChI is InChI=1S/C18H25N3O3/c1-24-17(22)13-21(11-14-7-8-14)18(23)15-5-4-10-20(12-15)16-6-2-3-9-19-16/h2-3,6,9,14-15H,4-5,7-8,10-13H2,1H3. The maximum Gasteiger partial charge on any atom is 0.325 e. The van der Waals surface area contributed by atoms with Crippen molar-refractivity contribution in [2.24, 2.45) is 11.8 Å². The van der Waals surface area contributed by atoms with Gasteiger partial charge in [0.1, 0.15) is 12.4 Å². The number of nitrogens with zero attached hydrogens (tertiary/aromatic N) is 3. The SMILES string of the molecule is COC(=O)CN(CC1CC1)C(=O)C1CCCN(c2ccccn2)C1. The van der Waals surface area contributed by atoms with E-state index >= 15 is 0 Å². The fraction of sp³-hybridized carbons (Fsp3) is 0.611. The molecule has 0 bridgehead atoms. The summed E-state index contributed by atoms with van der Waals surface area (Å²) in [6.07, 6.45) is 5.90. The molecule has 1 aliphatic heterocycles. The van der Waals surface area contributed by atoms with Crippen LogP contribution in [-0.2, 0) is 14.3 Å². The number of amides is 1. The Balaban J connectivity index is 1.65. The second-order valence-corrected chi connectivity index (χ2v) is 6.71. The van der Waals surface area contributed by atoms with E-state index in [-0.39, 0.29) is 24.3 Å². The van der Waals surface area contributed by atoms with Crippen LogP contribution in [0.4, 0.5) is 5.82 Å². The summed E-state index contributed by atoms with van der Waals surface area (Å²) >= 11 is 0. The molecule has 1 unspecified atom stereocenters. The van der Waals surface area contributed by atoms with Crippen molar-refractivity contribution in [3.63, 3.8) is 0 Å². The third kappa shape index (κ3) is 4.24. The predicted molar refractivity (Wildman–Crippen MR) is 90.5 cm³/mol. The van der Waals surface area contributed by atoms with Crippen LogP contribution in [0.5, 0.6) is 0 Å². The number of ether oxygens (including phenoxy) is 1. The first kappa shape index (κ1) is 16.7. The summed E-state index contributed by atoms with van der Waals surface area (Å²) in [5.41, 5.74) is 0. The predicted octanol–water partition coefficient (Wildman–Crippen LogP) is 1.71. The van der Waals surface area contributed by atoms with Gasteiger partial charge < -0.3 is 14.5 Å². The summed E-state index contributed by atoms with van der Waals surface area (Å²) in [7, 11) is 1.37. The zero-order valence-electron chi connectivity index (χ0n) is 14.2. The molecular weight excluding hydrogens is 306 g/mol. The van der Waals surface area contributed by atoms with Gasteiger partial charge in [-0.25, -0.2) is 4.98 Å². The van der Waals surface area contributed by atoms with Crippen LogP contribution in [0.1, 0.15) is 25.7 Å². The van der Waals surface area contributed by atoms with Crippen molar-refractivity contribution in [1.29, 1.82) is 0 Å². The zero-order valence-corrected chi connectivity index (χ0v) is 14.2. The van der Waals surface area contributed by atoms with Crippen LogP contribution < -0.4 is 4.90 Å². The summed E-state index contributed by atoms with van der Waals surface area (Å²) in [6, 6.07) is 5.83. The first-order chi connectivity index (χ1) is 11.7. The van der Waals surface area contributed by atoms with Gasteiger partial charge >= 0.3 is 5.97 Å². The summed E-state index contributed by atoms with van der Waals surface area (Å²) in [4.78, 5) is 32.9. The van der Waals surface area contributed by atoms with E-state index in [1.54, 1.807) is 11.1 Å². The number of hydrogen-bond donors (Lipinski definition) is 0. The van der Waals surface area contributed by atoms with E-state index in [0.29, 0.717) is 19.0 Å². The van der Waals surface area contributed by atoms with Gasteiger partial charge in [0, 0.05) is 25.8 Å². The van der Waals surface area contributed by atoms with Crippen molar-refractivity contribution in [3.8, 4) is 0 Å². The van der Waals surface area contributed by atoms with Crippen molar-refractivity contribution < 1.29 is 14.3 Å². The van der Waals surface area contributed by atoms with Crippen molar-refractivity contribution in [3.05, 3.63) is 24.4 Å². The molecule has 130 valence electrons. The number of carbonyl (C=O) groups excluding carboxylic acids is 2. The minimum atomic E-state index is -0.346. The van der Waals surface area contributed by atoms with E-state index in [0.717, 1.165) is 38.0 Å².